The molecule has 5 heteroatoms. The molecule has 0 aromatic carbocycles. The Balaban J connectivity index is 2.13. The van der Waals surface area contributed by atoms with Crippen LogP contribution in [0, 0.1) is 0 Å². The molecule has 0 aliphatic heterocycles. The van der Waals surface area contributed by atoms with Crippen molar-refractivity contribution in [2.45, 2.75) is 13.5 Å². The number of pyridine rings is 1. The van der Waals surface area contributed by atoms with E-state index in [9.17, 15) is 0 Å². The molecule has 3 aromatic heterocycles. The largest absolute Gasteiger partial charge is 0.313 e. The van der Waals surface area contributed by atoms with Crippen LogP contribution in [0.25, 0.3) is 21.5 Å². The summed E-state index contributed by atoms with van der Waals surface area (Å²) < 4.78 is 5.36. The van der Waals surface area contributed by atoms with Crippen molar-refractivity contribution in [3.63, 3.8) is 0 Å². The highest BCUT2D eigenvalue weighted by Gasteiger charge is 2.10. The number of hydrogen-bond acceptors (Lipinski definition) is 5. The molecule has 0 unspecified atom stereocenters. The fraction of sp³-hybridized carbons (Fsp3) is 0.231. The number of thiophene rings is 1. The first-order chi connectivity index (χ1) is 8.88. The molecule has 0 fully saturated rings. The molecule has 3 nitrogen and oxygen atoms in total. The molecule has 0 radical (unpaired) electrons. The van der Waals surface area contributed by atoms with Gasteiger partial charge in [-0.25, -0.2) is 4.98 Å². The normalized spacial score (nSPS) is 11.2. The van der Waals surface area contributed by atoms with Gasteiger partial charge < -0.3 is 5.32 Å². The Hall–Kier alpha value is -1.30. The Morgan fingerprint density at radius 2 is 2.33 bits per heavy atom. The third-order valence-corrected chi connectivity index (χ3v) is 4.20. The SMILES string of the molecule is CCNCc1cc2sncc2nc1-c1ccsc1. The molecule has 0 saturated carbocycles. The summed E-state index contributed by atoms with van der Waals surface area (Å²) in [5.41, 5.74) is 4.50. The second kappa shape index (κ2) is 5.14. The minimum absolute atomic E-state index is 0.850. The number of rotatable bonds is 4. The zero-order valence-corrected chi connectivity index (χ0v) is 11.6. The molecule has 3 rings (SSSR count). The molecular weight excluding hydrogens is 262 g/mol. The summed E-state index contributed by atoms with van der Waals surface area (Å²) in [7, 11) is 0. The van der Waals surface area contributed by atoms with E-state index < -0.39 is 0 Å². The molecule has 18 heavy (non-hydrogen) atoms. The van der Waals surface area contributed by atoms with Crippen LogP contribution in [0.3, 0.4) is 0 Å². The second-order valence-electron chi connectivity index (χ2n) is 4.00. The zero-order valence-electron chi connectivity index (χ0n) is 10.0. The van der Waals surface area contributed by atoms with Gasteiger partial charge in [-0.3, -0.25) is 0 Å². The third kappa shape index (κ3) is 2.16. The van der Waals surface area contributed by atoms with Crippen molar-refractivity contribution >= 4 is 33.1 Å². The van der Waals surface area contributed by atoms with Gasteiger partial charge in [0.2, 0.25) is 0 Å². The van der Waals surface area contributed by atoms with Crippen LogP contribution in [-0.4, -0.2) is 15.9 Å². The third-order valence-electron chi connectivity index (χ3n) is 2.78. The predicted octanol–water partition coefficient (Wildman–Crippen LogP) is 3.53. The Morgan fingerprint density at radius 3 is 3.11 bits per heavy atom. The van der Waals surface area contributed by atoms with Gasteiger partial charge >= 0.3 is 0 Å². The highest BCUT2D eigenvalue weighted by molar-refractivity contribution is 7.13. The Kier molecular flexibility index (Phi) is 3.36. The van der Waals surface area contributed by atoms with Crippen molar-refractivity contribution in [2.75, 3.05) is 6.54 Å². The number of aromatic nitrogens is 2. The van der Waals surface area contributed by atoms with Gasteiger partial charge in [-0.05, 0) is 41.2 Å². The molecule has 92 valence electrons. The number of fused-ring (bicyclic) bond motifs is 1. The van der Waals surface area contributed by atoms with Gasteiger partial charge in [0.05, 0.1) is 16.6 Å². The molecule has 0 aliphatic rings. The Labute approximate surface area is 114 Å². The molecule has 3 aromatic rings. The fourth-order valence-corrected chi connectivity index (χ4v) is 3.18. The molecule has 0 aliphatic carbocycles. The summed E-state index contributed by atoms with van der Waals surface area (Å²) >= 11 is 3.20. The lowest BCUT2D eigenvalue weighted by Crippen LogP contribution is -2.12. The lowest BCUT2D eigenvalue weighted by atomic mass is 10.1. The molecule has 0 amide bonds. The molecule has 0 saturated heterocycles. The van der Waals surface area contributed by atoms with E-state index in [1.807, 2.05) is 6.20 Å². The van der Waals surface area contributed by atoms with Crippen LogP contribution in [0.1, 0.15) is 12.5 Å². The molecular formula is C13H13N3S2. The second-order valence-corrected chi connectivity index (χ2v) is 5.61. The highest BCUT2D eigenvalue weighted by Crippen LogP contribution is 2.28. The predicted molar refractivity (Wildman–Crippen MR) is 78.1 cm³/mol. The monoisotopic (exact) mass is 275 g/mol. The van der Waals surface area contributed by atoms with E-state index in [0.717, 1.165) is 29.0 Å². The van der Waals surface area contributed by atoms with Crippen LogP contribution in [0.4, 0.5) is 0 Å². The zero-order chi connectivity index (χ0) is 12.4. The summed E-state index contributed by atoms with van der Waals surface area (Å²) in [6.45, 7) is 3.93. The Morgan fingerprint density at radius 1 is 1.39 bits per heavy atom. The minimum atomic E-state index is 0.850. The van der Waals surface area contributed by atoms with Crippen LogP contribution in [0.15, 0.2) is 29.1 Å². The summed E-state index contributed by atoms with van der Waals surface area (Å²) in [5, 5.41) is 7.60. The quantitative estimate of drug-likeness (QED) is 0.791. The topological polar surface area (TPSA) is 37.8 Å². The average Bonchev–Trinajstić information content (AvgIpc) is 3.05. The van der Waals surface area contributed by atoms with Crippen molar-refractivity contribution in [1.29, 1.82) is 0 Å². The maximum Gasteiger partial charge on any atom is 0.102 e. The van der Waals surface area contributed by atoms with Gasteiger partial charge in [0.1, 0.15) is 5.52 Å². The van der Waals surface area contributed by atoms with E-state index in [-0.39, 0.29) is 0 Å². The van der Waals surface area contributed by atoms with Crippen LogP contribution in [0.2, 0.25) is 0 Å². The van der Waals surface area contributed by atoms with Crippen molar-refractivity contribution < 1.29 is 0 Å². The van der Waals surface area contributed by atoms with E-state index in [4.69, 9.17) is 4.98 Å². The smallest absolute Gasteiger partial charge is 0.102 e. The van der Waals surface area contributed by atoms with Crippen LogP contribution in [0.5, 0.6) is 0 Å². The van der Waals surface area contributed by atoms with E-state index in [2.05, 4.69) is 39.5 Å². The van der Waals surface area contributed by atoms with Gasteiger partial charge in [-0.15, -0.1) is 0 Å². The van der Waals surface area contributed by atoms with Gasteiger partial charge in [-0.2, -0.15) is 15.7 Å². The standard InChI is InChI=1S/C13H13N3S2/c1-2-14-6-10-5-12-11(7-15-18-12)16-13(10)9-3-4-17-8-9/h3-5,7-8,14H,2,6H2,1H3. The van der Waals surface area contributed by atoms with Crippen molar-refractivity contribution in [3.05, 3.63) is 34.7 Å². The van der Waals surface area contributed by atoms with E-state index in [1.54, 1.807) is 11.3 Å². The van der Waals surface area contributed by atoms with Crippen LogP contribution < -0.4 is 5.32 Å². The maximum atomic E-state index is 4.75. The Bertz CT molecular complexity index is 643. The van der Waals surface area contributed by atoms with E-state index in [1.165, 1.54) is 22.7 Å². The van der Waals surface area contributed by atoms with Gasteiger partial charge in [0.15, 0.2) is 0 Å². The molecule has 3 heterocycles. The van der Waals surface area contributed by atoms with Crippen molar-refractivity contribution in [1.82, 2.24) is 14.7 Å². The van der Waals surface area contributed by atoms with Crippen molar-refractivity contribution in [2.24, 2.45) is 0 Å². The van der Waals surface area contributed by atoms with Crippen LogP contribution >= 0.6 is 22.9 Å². The maximum absolute atomic E-state index is 4.75. The summed E-state index contributed by atoms with van der Waals surface area (Å²) in [6, 6.07) is 4.32. The number of nitrogens with one attached hydrogen (secondary N) is 1. The molecule has 1 N–H and O–H groups in total. The first-order valence-corrected chi connectivity index (χ1v) is 7.57. The van der Waals surface area contributed by atoms with Gasteiger partial charge in [0, 0.05) is 17.5 Å². The first-order valence-electron chi connectivity index (χ1n) is 5.86. The van der Waals surface area contributed by atoms with Crippen molar-refractivity contribution in [3.8, 4) is 11.3 Å². The fourth-order valence-electron chi connectivity index (χ4n) is 1.89. The summed E-state index contributed by atoms with van der Waals surface area (Å²) in [5.74, 6) is 0. The number of hydrogen-bond donors (Lipinski definition) is 1. The highest BCUT2D eigenvalue weighted by atomic mass is 32.1. The lowest BCUT2D eigenvalue weighted by molar-refractivity contribution is 0.727. The molecule has 0 bridgehead atoms. The first kappa shape index (κ1) is 11.8. The van der Waals surface area contributed by atoms with E-state index >= 15 is 0 Å². The van der Waals surface area contributed by atoms with Gasteiger partial charge in [0.25, 0.3) is 0 Å². The minimum Gasteiger partial charge on any atom is -0.313 e. The summed E-state index contributed by atoms with van der Waals surface area (Å²) in [6.07, 6.45) is 1.84. The average molecular weight is 275 g/mol. The van der Waals surface area contributed by atoms with Crippen LogP contribution in [-0.2, 0) is 6.54 Å². The molecule has 0 atom stereocenters. The molecule has 0 spiro atoms. The number of nitrogens with zero attached hydrogens (tertiary/aromatic N) is 2. The summed E-state index contributed by atoms with van der Waals surface area (Å²) in [4.78, 5) is 4.75. The lowest BCUT2D eigenvalue weighted by Gasteiger charge is -2.08. The van der Waals surface area contributed by atoms with E-state index in [0.29, 0.717) is 0 Å². The van der Waals surface area contributed by atoms with Gasteiger partial charge in [-0.1, -0.05) is 6.92 Å².